The summed E-state index contributed by atoms with van der Waals surface area (Å²) in [6.45, 7) is 1.28. The van der Waals surface area contributed by atoms with E-state index in [1.165, 1.54) is 0 Å². The molecule has 0 spiro atoms. The van der Waals surface area contributed by atoms with Crippen LogP contribution in [0, 0.1) is 0 Å². The van der Waals surface area contributed by atoms with Gasteiger partial charge in [-0.2, -0.15) is 0 Å². The number of aliphatic hydroxyl groups excluding tert-OH is 3. The van der Waals surface area contributed by atoms with Crippen LogP contribution in [0.1, 0.15) is 0 Å². The summed E-state index contributed by atoms with van der Waals surface area (Å²) in [5.41, 5.74) is 0. The second kappa shape index (κ2) is 7.23. The van der Waals surface area contributed by atoms with Crippen molar-refractivity contribution in [2.45, 2.75) is 0 Å². The molecule has 0 fully saturated rings. The van der Waals surface area contributed by atoms with E-state index in [9.17, 15) is 5.11 Å². The minimum Gasteiger partial charge on any atom is -0.850 e. The zero-order valence-corrected chi connectivity index (χ0v) is 7.85. The van der Waals surface area contributed by atoms with Crippen molar-refractivity contribution in [3.05, 3.63) is 0 Å². The summed E-state index contributed by atoms with van der Waals surface area (Å²) in [7, 11) is 0. The van der Waals surface area contributed by atoms with Crippen LogP contribution in [-0.4, -0.2) is 72.4 Å². The van der Waals surface area contributed by atoms with E-state index in [2.05, 4.69) is 0 Å². The van der Waals surface area contributed by atoms with Gasteiger partial charge in [-0.1, -0.05) is 6.61 Å². The third-order valence-corrected chi connectivity index (χ3v) is 2.29. The van der Waals surface area contributed by atoms with Gasteiger partial charge in [-0.05, 0) is 0 Å². The lowest BCUT2D eigenvalue weighted by molar-refractivity contribution is -0.933. The predicted molar refractivity (Wildman–Crippen MR) is 45.9 cm³/mol. The first-order chi connectivity index (χ1) is 6.24. The Morgan fingerprint density at radius 1 is 0.769 bits per heavy atom. The Hall–Kier alpha value is -0.200. The number of aliphatic hydroxyl groups is 3. The van der Waals surface area contributed by atoms with E-state index in [1.54, 1.807) is 0 Å². The quantitative estimate of drug-likeness (QED) is 0.362. The fourth-order valence-corrected chi connectivity index (χ4v) is 1.50. The van der Waals surface area contributed by atoms with Gasteiger partial charge < -0.3 is 24.9 Å². The Bertz CT molecular complexity index is 91.2. The molecule has 5 nitrogen and oxygen atoms in total. The van der Waals surface area contributed by atoms with E-state index in [-0.39, 0.29) is 26.4 Å². The molecule has 0 rings (SSSR count). The van der Waals surface area contributed by atoms with E-state index < -0.39 is 0 Å². The fourth-order valence-electron chi connectivity index (χ4n) is 1.50. The minimum absolute atomic E-state index is 0.0278. The van der Waals surface area contributed by atoms with Crippen LogP contribution >= 0.6 is 0 Å². The van der Waals surface area contributed by atoms with E-state index in [1.807, 2.05) is 0 Å². The highest BCUT2D eigenvalue weighted by Gasteiger charge is 2.23. The van der Waals surface area contributed by atoms with Crippen molar-refractivity contribution in [3.63, 3.8) is 0 Å². The van der Waals surface area contributed by atoms with Crippen molar-refractivity contribution in [1.82, 2.24) is 0 Å². The number of hydrogen-bond donors (Lipinski definition) is 3. The molecule has 0 radical (unpaired) electrons. The third kappa shape index (κ3) is 4.54. The van der Waals surface area contributed by atoms with Crippen LogP contribution in [0.15, 0.2) is 0 Å². The van der Waals surface area contributed by atoms with Gasteiger partial charge >= 0.3 is 0 Å². The first-order valence-corrected chi connectivity index (χ1v) is 4.50. The molecule has 0 atom stereocenters. The zero-order valence-electron chi connectivity index (χ0n) is 7.85. The monoisotopic (exact) mass is 193 g/mol. The Balaban J connectivity index is 4.19. The summed E-state index contributed by atoms with van der Waals surface area (Å²) in [4.78, 5) is 0. The molecule has 0 amide bonds. The smallest absolute Gasteiger partial charge is 0.102 e. The Labute approximate surface area is 78.4 Å². The molecule has 0 saturated heterocycles. The van der Waals surface area contributed by atoms with Gasteiger partial charge in [0.2, 0.25) is 0 Å². The maximum atomic E-state index is 10.5. The topological polar surface area (TPSA) is 83.8 Å². The maximum Gasteiger partial charge on any atom is 0.102 e. The highest BCUT2D eigenvalue weighted by molar-refractivity contribution is 4.43. The second-order valence-corrected chi connectivity index (χ2v) is 3.11. The van der Waals surface area contributed by atoms with Gasteiger partial charge in [0.25, 0.3) is 0 Å². The van der Waals surface area contributed by atoms with Gasteiger partial charge in [-0.15, -0.1) is 0 Å². The van der Waals surface area contributed by atoms with Gasteiger partial charge in [0.1, 0.15) is 19.6 Å². The molecule has 5 heteroatoms. The SMILES string of the molecule is [O-]CC[N+](CCO)(CCO)CCO. The molecule has 0 aromatic rings. The number of quaternary nitrogens is 1. The average Bonchev–Trinajstić information content (AvgIpc) is 2.06. The first kappa shape index (κ1) is 12.8. The lowest BCUT2D eigenvalue weighted by Gasteiger charge is -2.38. The molecule has 0 aliphatic carbocycles. The van der Waals surface area contributed by atoms with Crippen molar-refractivity contribution in [2.75, 3.05) is 52.6 Å². The molecule has 3 N–H and O–H groups in total. The first-order valence-electron chi connectivity index (χ1n) is 4.50. The summed E-state index contributed by atoms with van der Waals surface area (Å²) in [5, 5.41) is 36.9. The molecule has 0 aromatic heterocycles. The highest BCUT2D eigenvalue weighted by atomic mass is 16.3. The summed E-state index contributed by atoms with van der Waals surface area (Å²) < 4.78 is 0.312. The van der Waals surface area contributed by atoms with Crippen LogP contribution in [0.3, 0.4) is 0 Å². The van der Waals surface area contributed by atoms with Gasteiger partial charge in [-0.3, -0.25) is 0 Å². The highest BCUT2D eigenvalue weighted by Crippen LogP contribution is 2.04. The third-order valence-electron chi connectivity index (χ3n) is 2.29. The minimum atomic E-state index is -0.250. The molecule has 13 heavy (non-hydrogen) atoms. The predicted octanol–water partition coefficient (Wildman–Crippen LogP) is -2.86. The van der Waals surface area contributed by atoms with Gasteiger partial charge in [-0.25, -0.2) is 0 Å². The lowest BCUT2D eigenvalue weighted by Crippen LogP contribution is -2.55. The Kier molecular flexibility index (Phi) is 7.12. The molecule has 0 unspecified atom stereocenters. The van der Waals surface area contributed by atoms with Gasteiger partial charge in [0.15, 0.2) is 0 Å². The van der Waals surface area contributed by atoms with Crippen molar-refractivity contribution >= 4 is 0 Å². The van der Waals surface area contributed by atoms with Crippen LogP contribution in [0.25, 0.3) is 0 Å². The summed E-state index contributed by atoms with van der Waals surface area (Å²) in [6.07, 6.45) is 0. The molecule has 0 bridgehead atoms. The van der Waals surface area contributed by atoms with Crippen molar-refractivity contribution < 1.29 is 24.9 Å². The molecule has 0 saturated carbocycles. The lowest BCUT2D eigenvalue weighted by atomic mass is 10.3. The number of hydrogen-bond acceptors (Lipinski definition) is 4. The van der Waals surface area contributed by atoms with Crippen LogP contribution < -0.4 is 5.11 Å². The average molecular weight is 193 g/mol. The summed E-state index contributed by atoms with van der Waals surface area (Å²) >= 11 is 0. The van der Waals surface area contributed by atoms with E-state index in [4.69, 9.17) is 15.3 Å². The Morgan fingerprint density at radius 2 is 1.15 bits per heavy atom. The van der Waals surface area contributed by atoms with Gasteiger partial charge in [0.05, 0.1) is 26.4 Å². The maximum absolute atomic E-state index is 10.5. The molecule has 0 aromatic carbocycles. The van der Waals surface area contributed by atoms with Crippen molar-refractivity contribution in [1.29, 1.82) is 0 Å². The molecule has 80 valence electrons. The van der Waals surface area contributed by atoms with Crippen molar-refractivity contribution in [3.8, 4) is 0 Å². The van der Waals surface area contributed by atoms with Gasteiger partial charge in [0, 0.05) is 0 Å². The van der Waals surface area contributed by atoms with Crippen LogP contribution in [0.4, 0.5) is 0 Å². The largest absolute Gasteiger partial charge is 0.850 e. The molecule has 0 aliphatic rings. The molecular formula is C8H19NO4. The molecular weight excluding hydrogens is 174 g/mol. The summed E-state index contributed by atoms with van der Waals surface area (Å²) in [6, 6.07) is 0. The molecule has 0 heterocycles. The zero-order chi connectivity index (χ0) is 10.2. The van der Waals surface area contributed by atoms with E-state index in [0.717, 1.165) is 0 Å². The van der Waals surface area contributed by atoms with Crippen LogP contribution in [0.2, 0.25) is 0 Å². The summed E-state index contributed by atoms with van der Waals surface area (Å²) in [5.74, 6) is 0. The fraction of sp³-hybridized carbons (Fsp3) is 1.00. The standard InChI is InChI=1S/C8H19NO4/c10-5-1-9(2-6-11,3-7-12)4-8-13/h10-12H,1-8H2. The number of rotatable bonds is 8. The Morgan fingerprint density at radius 3 is 1.38 bits per heavy atom. The molecule has 0 aliphatic heterocycles. The van der Waals surface area contributed by atoms with E-state index in [0.29, 0.717) is 30.7 Å². The van der Waals surface area contributed by atoms with Crippen LogP contribution in [0.5, 0.6) is 0 Å². The van der Waals surface area contributed by atoms with E-state index >= 15 is 0 Å². The van der Waals surface area contributed by atoms with Crippen LogP contribution in [-0.2, 0) is 0 Å². The second-order valence-electron chi connectivity index (χ2n) is 3.11. The number of nitrogens with zero attached hydrogens (tertiary/aromatic N) is 1. The van der Waals surface area contributed by atoms with Crippen molar-refractivity contribution in [2.24, 2.45) is 0 Å². The normalized spacial score (nSPS) is 12.0.